The van der Waals surface area contributed by atoms with Gasteiger partial charge in [-0.05, 0) is 43.7 Å². The van der Waals surface area contributed by atoms with Crippen molar-refractivity contribution in [3.05, 3.63) is 0 Å². The van der Waals surface area contributed by atoms with Gasteiger partial charge in [0.1, 0.15) is 0 Å². The minimum absolute atomic E-state index is 0.323. The molecule has 0 saturated heterocycles. The molecule has 0 amide bonds. The molecule has 98 valence electrons. The van der Waals surface area contributed by atoms with E-state index in [-0.39, 0.29) is 0 Å². The summed E-state index contributed by atoms with van der Waals surface area (Å²) in [5, 5.41) is 12.6. The van der Waals surface area contributed by atoms with Gasteiger partial charge in [-0.3, -0.25) is 0 Å². The first kappa shape index (κ1) is 15.9. The highest BCUT2D eigenvalue weighted by atomic mass is 16.3. The first-order chi connectivity index (χ1) is 7.63. The van der Waals surface area contributed by atoms with Crippen molar-refractivity contribution in [3.63, 3.8) is 0 Å². The molecule has 2 nitrogen and oxygen atoms in total. The molecule has 16 heavy (non-hydrogen) atoms. The molecule has 0 fully saturated rings. The molecule has 0 heterocycles. The van der Waals surface area contributed by atoms with Gasteiger partial charge in [0, 0.05) is 6.61 Å². The quantitative estimate of drug-likeness (QED) is 0.603. The van der Waals surface area contributed by atoms with E-state index in [1.54, 1.807) is 0 Å². The van der Waals surface area contributed by atoms with E-state index < -0.39 is 0 Å². The summed E-state index contributed by atoms with van der Waals surface area (Å²) < 4.78 is 0. The Bertz CT molecular complexity index is 144. The molecule has 2 heteroatoms. The van der Waals surface area contributed by atoms with E-state index in [2.05, 4.69) is 33.0 Å². The SMILES string of the molecule is CCC(CC)CNCC(CCO)CC(C)C. The molecule has 0 radical (unpaired) electrons. The van der Waals surface area contributed by atoms with Crippen LogP contribution >= 0.6 is 0 Å². The summed E-state index contributed by atoms with van der Waals surface area (Å²) in [4.78, 5) is 0. The van der Waals surface area contributed by atoms with Crippen molar-refractivity contribution in [1.82, 2.24) is 5.32 Å². The Morgan fingerprint density at radius 1 is 1.00 bits per heavy atom. The second-order valence-corrected chi connectivity index (χ2v) is 5.35. The predicted octanol–water partition coefficient (Wildman–Crippen LogP) is 3.06. The molecular weight excluding hydrogens is 198 g/mol. The molecular formula is C14H31NO. The zero-order valence-corrected chi connectivity index (χ0v) is 11.6. The summed E-state index contributed by atoms with van der Waals surface area (Å²) >= 11 is 0. The number of aliphatic hydroxyl groups is 1. The van der Waals surface area contributed by atoms with Crippen molar-refractivity contribution in [2.45, 2.75) is 53.4 Å². The van der Waals surface area contributed by atoms with Crippen molar-refractivity contribution in [3.8, 4) is 0 Å². The third kappa shape index (κ3) is 8.12. The van der Waals surface area contributed by atoms with Crippen LogP contribution in [0.15, 0.2) is 0 Å². The zero-order valence-electron chi connectivity index (χ0n) is 11.6. The van der Waals surface area contributed by atoms with E-state index in [1.165, 1.54) is 19.3 Å². The lowest BCUT2D eigenvalue weighted by Crippen LogP contribution is -2.29. The normalized spacial score (nSPS) is 13.7. The van der Waals surface area contributed by atoms with Crippen LogP contribution in [0.5, 0.6) is 0 Å². The Hall–Kier alpha value is -0.0800. The van der Waals surface area contributed by atoms with E-state index >= 15 is 0 Å². The molecule has 0 aromatic rings. The lowest BCUT2D eigenvalue weighted by Gasteiger charge is -2.20. The maximum absolute atomic E-state index is 9.02. The molecule has 2 N–H and O–H groups in total. The predicted molar refractivity (Wildman–Crippen MR) is 71.6 cm³/mol. The Labute approximate surface area is 102 Å². The van der Waals surface area contributed by atoms with Gasteiger partial charge in [-0.1, -0.05) is 40.5 Å². The van der Waals surface area contributed by atoms with Crippen LogP contribution in [0.1, 0.15) is 53.4 Å². The van der Waals surface area contributed by atoms with Gasteiger partial charge in [0.15, 0.2) is 0 Å². The number of hydrogen-bond acceptors (Lipinski definition) is 2. The summed E-state index contributed by atoms with van der Waals surface area (Å²) in [7, 11) is 0. The second-order valence-electron chi connectivity index (χ2n) is 5.35. The number of hydrogen-bond donors (Lipinski definition) is 2. The molecule has 0 aromatic carbocycles. The van der Waals surface area contributed by atoms with Crippen LogP contribution in [0, 0.1) is 17.8 Å². The monoisotopic (exact) mass is 229 g/mol. The van der Waals surface area contributed by atoms with Crippen LogP contribution in [0.4, 0.5) is 0 Å². The average Bonchev–Trinajstić information content (AvgIpc) is 2.24. The highest BCUT2D eigenvalue weighted by Gasteiger charge is 2.11. The molecule has 0 rings (SSSR count). The standard InChI is InChI=1S/C14H31NO/c1-5-13(6-2)10-15-11-14(7-8-16)9-12(3)4/h12-16H,5-11H2,1-4H3. The van der Waals surface area contributed by atoms with E-state index in [0.29, 0.717) is 12.5 Å². The topological polar surface area (TPSA) is 32.3 Å². The fourth-order valence-corrected chi connectivity index (χ4v) is 2.22. The fraction of sp³-hybridized carbons (Fsp3) is 1.00. The number of aliphatic hydroxyl groups excluding tert-OH is 1. The molecule has 0 aliphatic carbocycles. The largest absolute Gasteiger partial charge is 0.396 e. The van der Waals surface area contributed by atoms with Crippen molar-refractivity contribution in [1.29, 1.82) is 0 Å². The van der Waals surface area contributed by atoms with Gasteiger partial charge in [-0.25, -0.2) is 0 Å². The maximum Gasteiger partial charge on any atom is 0.0434 e. The molecule has 0 aliphatic rings. The molecule has 0 aliphatic heterocycles. The highest BCUT2D eigenvalue weighted by Crippen LogP contribution is 2.14. The first-order valence-electron chi connectivity index (χ1n) is 6.95. The minimum Gasteiger partial charge on any atom is -0.396 e. The minimum atomic E-state index is 0.323. The van der Waals surface area contributed by atoms with Crippen molar-refractivity contribution < 1.29 is 5.11 Å². The molecule has 1 unspecified atom stereocenters. The van der Waals surface area contributed by atoms with Crippen LogP contribution in [-0.2, 0) is 0 Å². The summed E-state index contributed by atoms with van der Waals surface area (Å²) in [5.41, 5.74) is 0. The van der Waals surface area contributed by atoms with E-state index in [0.717, 1.165) is 31.3 Å². The summed E-state index contributed by atoms with van der Waals surface area (Å²) in [6.07, 6.45) is 4.68. The van der Waals surface area contributed by atoms with Gasteiger partial charge in [0.25, 0.3) is 0 Å². The fourth-order valence-electron chi connectivity index (χ4n) is 2.22. The number of rotatable bonds is 10. The Kier molecular flexibility index (Phi) is 10.0. The lowest BCUT2D eigenvalue weighted by atomic mass is 9.94. The molecule has 0 bridgehead atoms. The van der Waals surface area contributed by atoms with E-state index in [4.69, 9.17) is 5.11 Å². The van der Waals surface area contributed by atoms with Crippen molar-refractivity contribution in [2.24, 2.45) is 17.8 Å². The number of nitrogens with one attached hydrogen (secondary N) is 1. The highest BCUT2D eigenvalue weighted by molar-refractivity contribution is 4.66. The van der Waals surface area contributed by atoms with E-state index in [9.17, 15) is 0 Å². The van der Waals surface area contributed by atoms with Crippen molar-refractivity contribution >= 4 is 0 Å². The van der Waals surface area contributed by atoms with Crippen LogP contribution in [0.25, 0.3) is 0 Å². The van der Waals surface area contributed by atoms with Gasteiger partial charge in [0.05, 0.1) is 0 Å². The Morgan fingerprint density at radius 3 is 2.00 bits per heavy atom. The van der Waals surface area contributed by atoms with Crippen LogP contribution in [0.3, 0.4) is 0 Å². The Balaban J connectivity index is 3.74. The summed E-state index contributed by atoms with van der Waals surface area (Å²) in [6.45, 7) is 11.5. The maximum atomic E-state index is 9.02. The van der Waals surface area contributed by atoms with Crippen LogP contribution in [0.2, 0.25) is 0 Å². The summed E-state index contributed by atoms with van der Waals surface area (Å²) in [6, 6.07) is 0. The zero-order chi connectivity index (χ0) is 12.4. The lowest BCUT2D eigenvalue weighted by molar-refractivity contribution is 0.237. The smallest absolute Gasteiger partial charge is 0.0434 e. The summed E-state index contributed by atoms with van der Waals surface area (Å²) in [5.74, 6) is 2.18. The first-order valence-corrected chi connectivity index (χ1v) is 6.95. The van der Waals surface area contributed by atoms with Gasteiger partial charge < -0.3 is 10.4 Å². The van der Waals surface area contributed by atoms with Crippen molar-refractivity contribution in [2.75, 3.05) is 19.7 Å². The van der Waals surface area contributed by atoms with E-state index in [1.807, 2.05) is 0 Å². The molecule has 0 saturated carbocycles. The van der Waals surface area contributed by atoms with Crippen LogP contribution in [-0.4, -0.2) is 24.8 Å². The average molecular weight is 229 g/mol. The third-order valence-electron chi connectivity index (χ3n) is 3.36. The van der Waals surface area contributed by atoms with Crippen LogP contribution < -0.4 is 5.32 Å². The van der Waals surface area contributed by atoms with Gasteiger partial charge in [-0.2, -0.15) is 0 Å². The van der Waals surface area contributed by atoms with Gasteiger partial charge in [0.2, 0.25) is 0 Å². The second kappa shape index (κ2) is 10.1. The van der Waals surface area contributed by atoms with Gasteiger partial charge >= 0.3 is 0 Å². The molecule has 0 aromatic heterocycles. The molecule has 0 spiro atoms. The Morgan fingerprint density at radius 2 is 1.56 bits per heavy atom. The molecule has 1 atom stereocenters. The van der Waals surface area contributed by atoms with Gasteiger partial charge in [-0.15, -0.1) is 0 Å². The third-order valence-corrected chi connectivity index (χ3v) is 3.36.